The second-order valence-electron chi connectivity index (χ2n) is 3.11. The highest BCUT2D eigenvalue weighted by molar-refractivity contribution is 9.10. The summed E-state index contributed by atoms with van der Waals surface area (Å²) in [5.74, 6) is -0.0859. The second-order valence-corrected chi connectivity index (χ2v) is 3.96. The van der Waals surface area contributed by atoms with Crippen LogP contribution < -0.4 is 4.74 Å². The Morgan fingerprint density at radius 1 is 1.29 bits per heavy atom. The minimum Gasteiger partial charge on any atom is -0.478 e. The Bertz CT molecular complexity index is 543. The molecule has 2 aromatic rings. The Kier molecular flexibility index (Phi) is 3.34. The van der Waals surface area contributed by atoms with Crippen LogP contribution in [0.15, 0.2) is 41.3 Å². The molecule has 5 nitrogen and oxygen atoms in total. The number of benzene rings is 1. The van der Waals surface area contributed by atoms with E-state index in [2.05, 4.69) is 25.9 Å². The summed E-state index contributed by atoms with van der Waals surface area (Å²) in [6.07, 6.45) is 2.93. The molecule has 17 heavy (non-hydrogen) atoms. The summed E-state index contributed by atoms with van der Waals surface area (Å²) in [5, 5.41) is 8.74. The number of hydrogen-bond donors (Lipinski definition) is 1. The molecule has 0 aliphatic carbocycles. The molecule has 0 atom stereocenters. The van der Waals surface area contributed by atoms with Crippen LogP contribution in [0.3, 0.4) is 0 Å². The Morgan fingerprint density at radius 2 is 2.00 bits per heavy atom. The molecule has 0 amide bonds. The largest absolute Gasteiger partial charge is 0.478 e. The van der Waals surface area contributed by atoms with Gasteiger partial charge in [0.1, 0.15) is 12.1 Å². The van der Waals surface area contributed by atoms with Crippen LogP contribution in [0.4, 0.5) is 0 Å². The number of hydrogen-bond acceptors (Lipinski definition) is 4. The maximum Gasteiger partial charge on any atom is 0.335 e. The summed E-state index contributed by atoms with van der Waals surface area (Å²) < 4.78 is 6.08. The van der Waals surface area contributed by atoms with Crippen molar-refractivity contribution in [3.63, 3.8) is 0 Å². The van der Waals surface area contributed by atoms with Crippen molar-refractivity contribution in [3.8, 4) is 11.6 Å². The molecule has 2 rings (SSSR count). The van der Waals surface area contributed by atoms with Crippen molar-refractivity contribution in [1.82, 2.24) is 9.97 Å². The van der Waals surface area contributed by atoms with Gasteiger partial charge in [0.2, 0.25) is 5.88 Å². The van der Waals surface area contributed by atoms with Crippen LogP contribution in [0.2, 0.25) is 0 Å². The predicted octanol–water partition coefficient (Wildman–Crippen LogP) is 2.73. The molecule has 1 aromatic carbocycles. The number of nitrogens with zero attached hydrogens (tertiary/aromatic N) is 2. The first kappa shape index (κ1) is 11.5. The van der Waals surface area contributed by atoms with Crippen LogP contribution in [-0.2, 0) is 0 Å². The van der Waals surface area contributed by atoms with Crippen LogP contribution in [-0.4, -0.2) is 21.0 Å². The molecule has 1 N–H and O–H groups in total. The lowest BCUT2D eigenvalue weighted by Gasteiger charge is -2.05. The predicted molar refractivity (Wildman–Crippen MR) is 63.2 cm³/mol. The van der Waals surface area contributed by atoms with E-state index in [9.17, 15) is 4.79 Å². The third-order valence-corrected chi connectivity index (χ3v) is 2.49. The molecule has 0 saturated carbocycles. The smallest absolute Gasteiger partial charge is 0.335 e. The Labute approximate surface area is 105 Å². The lowest BCUT2D eigenvalue weighted by atomic mass is 10.2. The van der Waals surface area contributed by atoms with Gasteiger partial charge in [0.15, 0.2) is 0 Å². The number of aromatic carboxylic acids is 1. The first-order valence-electron chi connectivity index (χ1n) is 4.63. The molecule has 0 bridgehead atoms. The molecule has 1 aromatic heterocycles. The summed E-state index contributed by atoms with van der Waals surface area (Å²) >= 11 is 3.25. The highest BCUT2D eigenvalue weighted by Crippen LogP contribution is 2.26. The van der Waals surface area contributed by atoms with Crippen molar-refractivity contribution in [1.29, 1.82) is 0 Å². The molecule has 0 spiro atoms. The first-order valence-corrected chi connectivity index (χ1v) is 5.43. The number of halogens is 1. The molecule has 0 aliphatic rings. The van der Waals surface area contributed by atoms with Crippen LogP contribution >= 0.6 is 15.9 Å². The van der Waals surface area contributed by atoms with E-state index in [1.807, 2.05) is 0 Å². The van der Waals surface area contributed by atoms with Gasteiger partial charge in [0, 0.05) is 6.20 Å². The maximum absolute atomic E-state index is 10.7. The third kappa shape index (κ3) is 2.79. The van der Waals surface area contributed by atoms with Gasteiger partial charge in [-0.05, 0) is 40.2 Å². The zero-order chi connectivity index (χ0) is 12.3. The number of carboxylic acids is 1. The van der Waals surface area contributed by atoms with Crippen LogP contribution in [0, 0.1) is 0 Å². The van der Waals surface area contributed by atoms with Gasteiger partial charge in [-0.15, -0.1) is 0 Å². The highest BCUT2D eigenvalue weighted by atomic mass is 79.9. The van der Waals surface area contributed by atoms with Crippen molar-refractivity contribution in [2.45, 2.75) is 0 Å². The van der Waals surface area contributed by atoms with Gasteiger partial charge in [0.05, 0.1) is 10.0 Å². The van der Waals surface area contributed by atoms with Crippen molar-refractivity contribution in [3.05, 3.63) is 46.8 Å². The minimum absolute atomic E-state index is 0.208. The fourth-order valence-electron chi connectivity index (χ4n) is 1.15. The molecular weight excluding hydrogens is 288 g/mol. The zero-order valence-corrected chi connectivity index (χ0v) is 10.1. The lowest BCUT2D eigenvalue weighted by Crippen LogP contribution is -1.95. The summed E-state index contributed by atoms with van der Waals surface area (Å²) in [6, 6.07) is 6.07. The quantitative estimate of drug-likeness (QED) is 0.942. The van der Waals surface area contributed by atoms with Crippen molar-refractivity contribution < 1.29 is 14.6 Å². The van der Waals surface area contributed by atoms with E-state index in [4.69, 9.17) is 9.84 Å². The van der Waals surface area contributed by atoms with E-state index in [0.29, 0.717) is 16.1 Å². The van der Waals surface area contributed by atoms with E-state index in [-0.39, 0.29) is 5.56 Å². The third-order valence-electron chi connectivity index (χ3n) is 1.95. The van der Waals surface area contributed by atoms with Gasteiger partial charge in [-0.25, -0.2) is 14.8 Å². The molecular formula is C11H7BrN2O3. The van der Waals surface area contributed by atoms with E-state index in [1.54, 1.807) is 18.3 Å². The number of carbonyl (C=O) groups is 1. The second kappa shape index (κ2) is 4.92. The van der Waals surface area contributed by atoms with Gasteiger partial charge < -0.3 is 9.84 Å². The number of carboxylic acid groups (broad SMARTS) is 1. The number of ether oxygens (including phenoxy) is 1. The lowest BCUT2D eigenvalue weighted by molar-refractivity contribution is 0.0697. The highest BCUT2D eigenvalue weighted by Gasteiger charge is 2.05. The summed E-state index contributed by atoms with van der Waals surface area (Å²) in [6.45, 7) is 0. The maximum atomic E-state index is 10.7. The molecule has 0 fully saturated rings. The van der Waals surface area contributed by atoms with Gasteiger partial charge in [-0.1, -0.05) is 0 Å². The van der Waals surface area contributed by atoms with E-state index in [1.165, 1.54) is 18.5 Å². The summed E-state index contributed by atoms with van der Waals surface area (Å²) in [4.78, 5) is 18.4. The van der Waals surface area contributed by atoms with Crippen LogP contribution in [0.5, 0.6) is 11.6 Å². The topological polar surface area (TPSA) is 72.3 Å². The molecule has 1 heterocycles. The van der Waals surface area contributed by atoms with Gasteiger partial charge in [-0.3, -0.25) is 0 Å². The van der Waals surface area contributed by atoms with Crippen molar-refractivity contribution in [2.24, 2.45) is 0 Å². The van der Waals surface area contributed by atoms with Gasteiger partial charge in [0.25, 0.3) is 0 Å². The first-order chi connectivity index (χ1) is 8.16. The Balaban J connectivity index is 2.20. The fraction of sp³-hybridized carbons (Fsp3) is 0. The SMILES string of the molecule is O=C(O)c1ccc(Oc2ncncc2Br)cc1. The van der Waals surface area contributed by atoms with Crippen LogP contribution in [0.1, 0.15) is 10.4 Å². The van der Waals surface area contributed by atoms with Crippen molar-refractivity contribution in [2.75, 3.05) is 0 Å². The molecule has 0 unspecified atom stereocenters. The minimum atomic E-state index is -0.972. The van der Waals surface area contributed by atoms with E-state index >= 15 is 0 Å². The number of rotatable bonds is 3. The Morgan fingerprint density at radius 3 is 2.59 bits per heavy atom. The Hall–Kier alpha value is -1.95. The van der Waals surface area contributed by atoms with Crippen LogP contribution in [0.25, 0.3) is 0 Å². The van der Waals surface area contributed by atoms with Gasteiger partial charge >= 0.3 is 5.97 Å². The summed E-state index contributed by atoms with van der Waals surface area (Å²) in [5.41, 5.74) is 0.208. The zero-order valence-electron chi connectivity index (χ0n) is 8.50. The average molecular weight is 295 g/mol. The number of aromatic nitrogens is 2. The molecule has 6 heteroatoms. The fourth-order valence-corrected chi connectivity index (χ4v) is 1.46. The molecule has 86 valence electrons. The van der Waals surface area contributed by atoms with E-state index < -0.39 is 5.97 Å². The normalized spacial score (nSPS) is 9.94. The molecule has 0 saturated heterocycles. The molecule has 0 radical (unpaired) electrons. The van der Waals surface area contributed by atoms with Gasteiger partial charge in [-0.2, -0.15) is 0 Å². The van der Waals surface area contributed by atoms with E-state index in [0.717, 1.165) is 0 Å². The molecule has 0 aliphatic heterocycles. The monoisotopic (exact) mass is 294 g/mol. The summed E-state index contributed by atoms with van der Waals surface area (Å²) in [7, 11) is 0. The average Bonchev–Trinajstić information content (AvgIpc) is 2.33. The van der Waals surface area contributed by atoms with Crippen molar-refractivity contribution >= 4 is 21.9 Å². The standard InChI is InChI=1S/C11H7BrN2O3/c12-9-5-13-6-14-10(9)17-8-3-1-7(2-4-8)11(15)16/h1-6H,(H,15,16).